The number of benzene rings is 2. The van der Waals surface area contributed by atoms with Crippen molar-refractivity contribution in [1.82, 2.24) is 5.32 Å². The molecule has 2 heteroatoms. The first kappa shape index (κ1) is 14.3. The number of hydrogen-bond acceptors (Lipinski definition) is 1. The Bertz CT molecular complexity index is 564. The van der Waals surface area contributed by atoms with Gasteiger partial charge in [0.1, 0.15) is 5.82 Å². The smallest absolute Gasteiger partial charge is 0.123 e. The minimum absolute atomic E-state index is 0.164. The SMILES string of the molecule is CCCNC(c1ccc(F)cc1)C1CC1c1ccccc1. The van der Waals surface area contributed by atoms with E-state index in [9.17, 15) is 4.39 Å². The third kappa shape index (κ3) is 3.33. The highest BCUT2D eigenvalue weighted by molar-refractivity contribution is 5.30. The summed E-state index contributed by atoms with van der Waals surface area (Å²) in [5.74, 6) is 1.08. The minimum atomic E-state index is -0.164. The van der Waals surface area contributed by atoms with E-state index < -0.39 is 0 Å². The first-order chi connectivity index (χ1) is 10.3. The van der Waals surface area contributed by atoms with E-state index >= 15 is 0 Å². The molecule has 1 aliphatic carbocycles. The highest BCUT2D eigenvalue weighted by Gasteiger charge is 2.43. The van der Waals surface area contributed by atoms with Crippen molar-refractivity contribution in [2.75, 3.05) is 6.54 Å². The highest BCUT2D eigenvalue weighted by Crippen LogP contribution is 2.54. The van der Waals surface area contributed by atoms with Gasteiger partial charge < -0.3 is 5.32 Å². The average Bonchev–Trinajstić information content (AvgIpc) is 3.31. The van der Waals surface area contributed by atoms with E-state index in [4.69, 9.17) is 0 Å². The Balaban J connectivity index is 1.76. The number of nitrogens with one attached hydrogen (secondary N) is 1. The molecule has 3 rings (SSSR count). The lowest BCUT2D eigenvalue weighted by Gasteiger charge is -2.19. The molecule has 0 bridgehead atoms. The van der Waals surface area contributed by atoms with Crippen LogP contribution in [-0.2, 0) is 0 Å². The van der Waals surface area contributed by atoms with Gasteiger partial charge in [-0.2, -0.15) is 0 Å². The first-order valence-electron chi connectivity index (χ1n) is 7.83. The van der Waals surface area contributed by atoms with Crippen molar-refractivity contribution < 1.29 is 4.39 Å². The first-order valence-corrected chi connectivity index (χ1v) is 7.83. The predicted octanol–water partition coefficient (Wildman–Crippen LogP) is 4.67. The second-order valence-corrected chi connectivity index (χ2v) is 5.90. The summed E-state index contributed by atoms with van der Waals surface area (Å²) in [5.41, 5.74) is 2.63. The van der Waals surface area contributed by atoms with E-state index in [1.807, 2.05) is 12.1 Å². The van der Waals surface area contributed by atoms with Gasteiger partial charge in [0, 0.05) is 6.04 Å². The van der Waals surface area contributed by atoms with Gasteiger partial charge in [0.05, 0.1) is 0 Å². The summed E-state index contributed by atoms with van der Waals surface area (Å²) in [6.45, 7) is 3.18. The van der Waals surface area contributed by atoms with Crippen molar-refractivity contribution in [3.05, 3.63) is 71.5 Å². The number of rotatable bonds is 6. The molecule has 3 atom stereocenters. The fourth-order valence-electron chi connectivity index (χ4n) is 3.15. The zero-order valence-electron chi connectivity index (χ0n) is 12.4. The molecule has 2 aromatic carbocycles. The van der Waals surface area contributed by atoms with E-state index in [1.165, 1.54) is 17.5 Å². The van der Waals surface area contributed by atoms with Crippen LogP contribution in [0.2, 0.25) is 0 Å². The van der Waals surface area contributed by atoms with E-state index in [0.29, 0.717) is 17.9 Å². The van der Waals surface area contributed by atoms with Crippen LogP contribution in [0.1, 0.15) is 42.9 Å². The third-order valence-corrected chi connectivity index (χ3v) is 4.34. The molecular weight excluding hydrogens is 261 g/mol. The number of halogens is 1. The molecule has 3 unspecified atom stereocenters. The molecular formula is C19H22FN. The van der Waals surface area contributed by atoms with Crippen molar-refractivity contribution in [2.24, 2.45) is 5.92 Å². The zero-order valence-corrected chi connectivity index (χ0v) is 12.4. The van der Waals surface area contributed by atoms with Crippen molar-refractivity contribution in [2.45, 2.75) is 31.7 Å². The molecule has 1 nitrogen and oxygen atoms in total. The molecule has 1 N–H and O–H groups in total. The molecule has 0 saturated heterocycles. The number of hydrogen-bond donors (Lipinski definition) is 1. The summed E-state index contributed by atoms with van der Waals surface area (Å²) in [7, 11) is 0. The summed E-state index contributed by atoms with van der Waals surface area (Å²) in [4.78, 5) is 0. The third-order valence-electron chi connectivity index (χ3n) is 4.34. The summed E-state index contributed by atoms with van der Waals surface area (Å²) in [6.07, 6.45) is 2.32. The lowest BCUT2D eigenvalue weighted by Crippen LogP contribution is -2.24. The lowest BCUT2D eigenvalue weighted by molar-refractivity contribution is 0.472. The molecule has 0 heterocycles. The molecule has 21 heavy (non-hydrogen) atoms. The molecule has 0 radical (unpaired) electrons. The van der Waals surface area contributed by atoms with Gasteiger partial charge in [-0.1, -0.05) is 49.4 Å². The van der Waals surface area contributed by atoms with Gasteiger partial charge in [-0.25, -0.2) is 4.39 Å². The minimum Gasteiger partial charge on any atom is -0.310 e. The van der Waals surface area contributed by atoms with E-state index in [0.717, 1.165) is 13.0 Å². The normalized spacial score (nSPS) is 22.0. The van der Waals surface area contributed by atoms with Crippen molar-refractivity contribution >= 4 is 0 Å². The molecule has 0 aliphatic heterocycles. The Morgan fingerprint density at radius 3 is 2.48 bits per heavy atom. The topological polar surface area (TPSA) is 12.0 Å². The fourth-order valence-corrected chi connectivity index (χ4v) is 3.15. The second kappa shape index (κ2) is 6.40. The second-order valence-electron chi connectivity index (χ2n) is 5.90. The van der Waals surface area contributed by atoms with Crippen molar-refractivity contribution in [3.8, 4) is 0 Å². The van der Waals surface area contributed by atoms with Gasteiger partial charge in [-0.3, -0.25) is 0 Å². The molecule has 0 aromatic heterocycles. The van der Waals surface area contributed by atoms with E-state index in [1.54, 1.807) is 12.1 Å². The van der Waals surface area contributed by atoms with E-state index in [2.05, 4.69) is 42.6 Å². The molecule has 1 saturated carbocycles. The monoisotopic (exact) mass is 283 g/mol. The van der Waals surface area contributed by atoms with Crippen LogP contribution in [0, 0.1) is 11.7 Å². The molecule has 1 aliphatic rings. The van der Waals surface area contributed by atoms with Gasteiger partial charge in [-0.15, -0.1) is 0 Å². The van der Waals surface area contributed by atoms with Crippen LogP contribution < -0.4 is 5.32 Å². The summed E-state index contributed by atoms with van der Waals surface area (Å²) >= 11 is 0. The Kier molecular flexibility index (Phi) is 4.35. The Labute approximate surface area is 126 Å². The van der Waals surface area contributed by atoms with Crippen LogP contribution in [-0.4, -0.2) is 6.54 Å². The van der Waals surface area contributed by atoms with Gasteiger partial charge in [0.25, 0.3) is 0 Å². The summed E-state index contributed by atoms with van der Waals surface area (Å²) in [5, 5.41) is 3.64. The average molecular weight is 283 g/mol. The quantitative estimate of drug-likeness (QED) is 0.812. The Hall–Kier alpha value is -1.67. The van der Waals surface area contributed by atoms with Crippen LogP contribution >= 0.6 is 0 Å². The lowest BCUT2D eigenvalue weighted by atomic mass is 9.98. The molecule has 0 amide bonds. The van der Waals surface area contributed by atoms with Crippen LogP contribution in [0.25, 0.3) is 0 Å². The molecule has 110 valence electrons. The van der Waals surface area contributed by atoms with Gasteiger partial charge in [0.2, 0.25) is 0 Å². The fraction of sp³-hybridized carbons (Fsp3) is 0.368. The van der Waals surface area contributed by atoms with Gasteiger partial charge in [-0.05, 0) is 54.5 Å². The standard InChI is InChI=1S/C19H22FN/c1-2-12-21-19(15-8-10-16(20)11-9-15)18-13-17(18)14-6-4-3-5-7-14/h3-11,17-19,21H,2,12-13H2,1H3. The molecule has 2 aromatic rings. The zero-order chi connectivity index (χ0) is 14.7. The Morgan fingerprint density at radius 2 is 1.81 bits per heavy atom. The summed E-state index contributed by atoms with van der Waals surface area (Å²) in [6, 6.07) is 18.0. The maximum Gasteiger partial charge on any atom is 0.123 e. The summed E-state index contributed by atoms with van der Waals surface area (Å²) < 4.78 is 13.1. The molecule has 0 spiro atoms. The van der Waals surface area contributed by atoms with Crippen LogP contribution in [0.15, 0.2) is 54.6 Å². The predicted molar refractivity (Wildman–Crippen MR) is 84.7 cm³/mol. The van der Waals surface area contributed by atoms with Gasteiger partial charge >= 0.3 is 0 Å². The van der Waals surface area contributed by atoms with Crippen LogP contribution in [0.5, 0.6) is 0 Å². The maximum atomic E-state index is 13.1. The maximum absolute atomic E-state index is 13.1. The highest BCUT2D eigenvalue weighted by atomic mass is 19.1. The van der Waals surface area contributed by atoms with Crippen molar-refractivity contribution in [3.63, 3.8) is 0 Å². The van der Waals surface area contributed by atoms with Crippen LogP contribution in [0.4, 0.5) is 4.39 Å². The van der Waals surface area contributed by atoms with Gasteiger partial charge in [0.15, 0.2) is 0 Å². The van der Waals surface area contributed by atoms with E-state index in [-0.39, 0.29) is 5.82 Å². The Morgan fingerprint density at radius 1 is 1.10 bits per heavy atom. The largest absolute Gasteiger partial charge is 0.310 e. The van der Waals surface area contributed by atoms with Crippen LogP contribution in [0.3, 0.4) is 0 Å². The molecule has 1 fully saturated rings. The van der Waals surface area contributed by atoms with Crippen molar-refractivity contribution in [1.29, 1.82) is 0 Å².